The van der Waals surface area contributed by atoms with Crippen LogP contribution in [0.4, 0.5) is 4.39 Å². The Balaban J connectivity index is 1.87. The summed E-state index contributed by atoms with van der Waals surface area (Å²) in [6.45, 7) is 3.97. The molecule has 9 heteroatoms. The maximum Gasteiger partial charge on any atom is 0.313 e. The Morgan fingerprint density at radius 1 is 1.35 bits per heavy atom. The Morgan fingerprint density at radius 2 is 2.00 bits per heavy atom. The van der Waals surface area contributed by atoms with Gasteiger partial charge < -0.3 is 15.3 Å². The van der Waals surface area contributed by atoms with Crippen molar-refractivity contribution in [2.24, 2.45) is 28.6 Å². The SMILES string of the molecule is C[C@@H]1C[C@H]2[C@@H]3CCC4=CC(=O)C([N+](=O)[O-])=C[C@]4(C)[C@@]3(F)[C@@H](O)C[C@]2(C)[C@@]1(O)C(=O)CO. The van der Waals surface area contributed by atoms with Crippen molar-refractivity contribution in [3.8, 4) is 0 Å². The molecule has 0 bridgehead atoms. The van der Waals surface area contributed by atoms with E-state index in [1.807, 2.05) is 0 Å². The third kappa shape index (κ3) is 2.40. The standard InChI is InChI=1S/C22H28FNO7/c1-11-6-14-13-5-4-12-7-16(26)15(24(30)31)8-19(12,2)21(13,23)17(27)9-20(14,3)22(11,29)18(28)10-25/h7-8,11,13-14,17,25,27,29H,4-6,9-10H2,1-3H3/t11-,13+,14+,17+,19+,20+,21+,22+/m1/s1. The number of rotatable bonds is 3. The Morgan fingerprint density at radius 3 is 2.58 bits per heavy atom. The number of aliphatic hydroxyl groups excluding tert-OH is 2. The minimum absolute atomic E-state index is 0.240. The van der Waals surface area contributed by atoms with Crippen LogP contribution in [0.3, 0.4) is 0 Å². The highest BCUT2D eigenvalue weighted by Gasteiger charge is 2.75. The minimum Gasteiger partial charge on any atom is -0.390 e. The van der Waals surface area contributed by atoms with Crippen molar-refractivity contribution in [1.82, 2.24) is 0 Å². The first kappa shape index (κ1) is 22.2. The zero-order chi connectivity index (χ0) is 23.1. The molecule has 0 aromatic carbocycles. The number of carbonyl (C=O) groups is 2. The van der Waals surface area contributed by atoms with Crippen LogP contribution in [0.2, 0.25) is 0 Å². The molecule has 3 saturated carbocycles. The third-order valence-corrected chi connectivity index (χ3v) is 9.07. The number of halogens is 1. The van der Waals surface area contributed by atoms with Crippen molar-refractivity contribution >= 4 is 11.6 Å². The van der Waals surface area contributed by atoms with Gasteiger partial charge in [0.05, 0.1) is 16.4 Å². The largest absolute Gasteiger partial charge is 0.390 e. The van der Waals surface area contributed by atoms with Crippen LogP contribution >= 0.6 is 0 Å². The zero-order valence-electron chi connectivity index (χ0n) is 17.8. The summed E-state index contributed by atoms with van der Waals surface area (Å²) >= 11 is 0. The van der Waals surface area contributed by atoms with E-state index in [9.17, 15) is 35.0 Å². The maximum absolute atomic E-state index is 17.1. The van der Waals surface area contributed by atoms with Gasteiger partial charge in [0.15, 0.2) is 11.5 Å². The number of fused-ring (bicyclic) bond motifs is 5. The number of ketones is 2. The molecule has 0 unspecified atom stereocenters. The highest BCUT2D eigenvalue weighted by Crippen LogP contribution is 2.70. The smallest absolute Gasteiger partial charge is 0.313 e. The van der Waals surface area contributed by atoms with E-state index in [2.05, 4.69) is 0 Å². The quantitative estimate of drug-likeness (QED) is 0.449. The van der Waals surface area contributed by atoms with Crippen LogP contribution in [0.25, 0.3) is 0 Å². The molecule has 3 fully saturated rings. The molecule has 8 atom stereocenters. The van der Waals surface area contributed by atoms with E-state index < -0.39 is 74.8 Å². The van der Waals surface area contributed by atoms with Gasteiger partial charge in [-0.3, -0.25) is 19.7 Å². The van der Waals surface area contributed by atoms with Gasteiger partial charge in [-0.15, -0.1) is 0 Å². The molecular formula is C22H28FNO7. The number of aliphatic hydroxyl groups is 3. The fraction of sp³-hybridized carbons (Fsp3) is 0.727. The van der Waals surface area contributed by atoms with Crippen molar-refractivity contribution in [3.63, 3.8) is 0 Å². The summed E-state index contributed by atoms with van der Waals surface area (Å²) in [5, 5.41) is 43.5. The second kappa shape index (κ2) is 6.52. The van der Waals surface area contributed by atoms with E-state index in [1.165, 1.54) is 6.92 Å². The van der Waals surface area contributed by atoms with Crippen molar-refractivity contribution < 1.29 is 34.2 Å². The lowest BCUT2D eigenvalue weighted by atomic mass is 9.44. The van der Waals surface area contributed by atoms with E-state index in [-0.39, 0.29) is 12.8 Å². The summed E-state index contributed by atoms with van der Waals surface area (Å²) in [5.41, 5.74) is -7.23. The molecule has 3 N–H and O–H groups in total. The average molecular weight is 437 g/mol. The van der Waals surface area contributed by atoms with Crippen LogP contribution in [0.1, 0.15) is 46.5 Å². The van der Waals surface area contributed by atoms with Gasteiger partial charge in [0, 0.05) is 17.4 Å². The second-order valence-corrected chi connectivity index (χ2v) is 10.2. The predicted molar refractivity (Wildman–Crippen MR) is 106 cm³/mol. The number of hydrogen-bond donors (Lipinski definition) is 3. The highest BCUT2D eigenvalue weighted by atomic mass is 19.1. The molecule has 0 radical (unpaired) electrons. The predicted octanol–water partition coefficient (Wildman–Crippen LogP) is 1.50. The van der Waals surface area contributed by atoms with Crippen LogP contribution in [0.15, 0.2) is 23.4 Å². The van der Waals surface area contributed by atoms with Crippen LogP contribution in [0, 0.1) is 38.7 Å². The number of Topliss-reactive ketones (excluding diaryl/α,β-unsaturated/α-hetero) is 1. The van der Waals surface area contributed by atoms with Gasteiger partial charge in [-0.25, -0.2) is 4.39 Å². The Kier molecular flexibility index (Phi) is 4.68. The molecule has 0 heterocycles. The number of nitro groups is 1. The lowest BCUT2D eigenvalue weighted by molar-refractivity contribution is -0.419. The van der Waals surface area contributed by atoms with Crippen molar-refractivity contribution in [2.75, 3.05) is 6.61 Å². The van der Waals surface area contributed by atoms with E-state index in [0.717, 1.165) is 12.2 Å². The molecule has 0 amide bonds. The molecular weight excluding hydrogens is 409 g/mol. The normalized spacial score (nSPS) is 48.8. The number of carbonyl (C=O) groups excluding carboxylic acids is 2. The Hall–Kier alpha value is -1.97. The average Bonchev–Trinajstić information content (AvgIpc) is 2.90. The fourth-order valence-electron chi connectivity index (χ4n) is 7.48. The molecule has 170 valence electrons. The topological polar surface area (TPSA) is 138 Å². The van der Waals surface area contributed by atoms with Gasteiger partial charge >= 0.3 is 5.70 Å². The molecule has 31 heavy (non-hydrogen) atoms. The number of allylic oxidation sites excluding steroid dienone is 3. The summed E-state index contributed by atoms with van der Waals surface area (Å²) in [6.07, 6.45) is 1.22. The van der Waals surface area contributed by atoms with Gasteiger partial charge in [-0.2, -0.15) is 0 Å². The Bertz CT molecular complexity index is 946. The first-order valence-electron chi connectivity index (χ1n) is 10.6. The molecule has 0 saturated heterocycles. The van der Waals surface area contributed by atoms with E-state index in [0.29, 0.717) is 18.4 Å². The lowest BCUT2D eigenvalue weighted by Crippen LogP contribution is -2.69. The van der Waals surface area contributed by atoms with Crippen molar-refractivity contribution in [1.29, 1.82) is 0 Å². The second-order valence-electron chi connectivity index (χ2n) is 10.2. The third-order valence-electron chi connectivity index (χ3n) is 9.07. The van der Waals surface area contributed by atoms with Gasteiger partial charge in [0.1, 0.15) is 12.2 Å². The summed E-state index contributed by atoms with van der Waals surface area (Å²) in [5.74, 6) is -3.36. The fourth-order valence-corrected chi connectivity index (χ4v) is 7.48. The Labute approximate surface area is 179 Å². The monoisotopic (exact) mass is 437 g/mol. The summed E-state index contributed by atoms with van der Waals surface area (Å²) in [6, 6.07) is 0. The molecule has 0 aliphatic heterocycles. The van der Waals surface area contributed by atoms with Gasteiger partial charge in [0.2, 0.25) is 0 Å². The minimum atomic E-state index is -2.31. The van der Waals surface area contributed by atoms with Crippen LogP contribution in [-0.2, 0) is 9.59 Å². The van der Waals surface area contributed by atoms with Gasteiger partial charge in [0.25, 0.3) is 5.78 Å². The summed E-state index contributed by atoms with van der Waals surface area (Å²) in [4.78, 5) is 35.3. The molecule has 0 aromatic heterocycles. The maximum atomic E-state index is 17.1. The summed E-state index contributed by atoms with van der Waals surface area (Å²) in [7, 11) is 0. The van der Waals surface area contributed by atoms with Crippen LogP contribution in [-0.4, -0.2) is 55.8 Å². The molecule has 8 nitrogen and oxygen atoms in total. The highest BCUT2D eigenvalue weighted by molar-refractivity contribution is 6.04. The molecule has 4 aliphatic rings. The van der Waals surface area contributed by atoms with Crippen molar-refractivity contribution in [2.45, 2.75) is 63.8 Å². The molecule has 0 aromatic rings. The van der Waals surface area contributed by atoms with Gasteiger partial charge in [-0.1, -0.05) is 19.4 Å². The number of nitrogens with zero attached hydrogens (tertiary/aromatic N) is 1. The van der Waals surface area contributed by atoms with E-state index in [1.54, 1.807) is 13.8 Å². The molecule has 4 rings (SSSR count). The zero-order valence-corrected chi connectivity index (χ0v) is 17.8. The number of hydrogen-bond acceptors (Lipinski definition) is 7. The van der Waals surface area contributed by atoms with Crippen LogP contribution in [0.5, 0.6) is 0 Å². The van der Waals surface area contributed by atoms with Crippen LogP contribution < -0.4 is 0 Å². The molecule has 4 aliphatic carbocycles. The first-order chi connectivity index (χ1) is 14.3. The number of alkyl halides is 1. The summed E-state index contributed by atoms with van der Waals surface area (Å²) < 4.78 is 17.1. The van der Waals surface area contributed by atoms with E-state index in [4.69, 9.17) is 0 Å². The van der Waals surface area contributed by atoms with E-state index >= 15 is 4.39 Å². The van der Waals surface area contributed by atoms with Gasteiger partial charge in [-0.05, 0) is 50.5 Å². The molecule has 0 spiro atoms. The lowest BCUT2D eigenvalue weighted by Gasteiger charge is -2.62. The first-order valence-corrected chi connectivity index (χ1v) is 10.6. The van der Waals surface area contributed by atoms with Crippen molar-refractivity contribution in [3.05, 3.63) is 33.5 Å².